The number of nitrogens with one attached hydrogen (secondary N) is 2. The van der Waals surface area contributed by atoms with Gasteiger partial charge in [0, 0.05) is 5.56 Å². The predicted molar refractivity (Wildman–Crippen MR) is 76.0 cm³/mol. The van der Waals surface area contributed by atoms with Crippen molar-refractivity contribution in [2.24, 2.45) is 0 Å². The molecule has 0 saturated heterocycles. The first-order valence-electron chi connectivity index (χ1n) is 6.52. The molecule has 22 heavy (non-hydrogen) atoms. The van der Waals surface area contributed by atoms with Crippen LogP contribution in [0.1, 0.15) is 1.37 Å². The first-order chi connectivity index (χ1) is 10.7. The van der Waals surface area contributed by atoms with E-state index in [1.54, 1.807) is 0 Å². The molecule has 0 radical (unpaired) electrons. The number of rotatable bonds is 2. The molecule has 2 N–H and O–H groups in total. The number of aromatic nitrogens is 2. The van der Waals surface area contributed by atoms with Crippen molar-refractivity contribution in [3.63, 3.8) is 0 Å². The van der Waals surface area contributed by atoms with Crippen molar-refractivity contribution in [1.82, 2.24) is 9.97 Å². The summed E-state index contributed by atoms with van der Waals surface area (Å²) >= 11 is 6.01. The van der Waals surface area contributed by atoms with Crippen LogP contribution in [0.15, 0.2) is 41.2 Å². The lowest BCUT2D eigenvalue weighted by Gasteiger charge is -2.14. The minimum Gasteiger partial charge on any atom is -0.405 e. The summed E-state index contributed by atoms with van der Waals surface area (Å²) in [6.45, 7) is 0. The highest BCUT2D eigenvalue weighted by Gasteiger charge is 2.32. The molecule has 1 aromatic heterocycles. The van der Waals surface area contributed by atoms with Crippen LogP contribution < -0.4 is 10.4 Å². The number of fused-ring (bicyclic) bond motifs is 1. The van der Waals surface area contributed by atoms with E-state index < -0.39 is 17.8 Å². The molecule has 2 aromatic carbocycles. The van der Waals surface area contributed by atoms with E-state index in [0.29, 0.717) is 11.0 Å². The van der Waals surface area contributed by atoms with E-state index in [2.05, 4.69) is 14.7 Å². The third-order valence-corrected chi connectivity index (χ3v) is 3.23. The fourth-order valence-corrected chi connectivity index (χ4v) is 2.36. The molecule has 0 fully saturated rings. The molecular formula is C14H8ClF3N2O2. The number of H-pyrrole nitrogens is 2. The summed E-state index contributed by atoms with van der Waals surface area (Å²) in [7, 11) is 0. The summed E-state index contributed by atoms with van der Waals surface area (Å²) in [4.78, 5) is 16.3. The molecule has 0 unspecified atom stereocenters. The normalized spacial score (nSPS) is 12.5. The van der Waals surface area contributed by atoms with Crippen LogP contribution in [0.4, 0.5) is 13.2 Å². The SMILES string of the molecule is [3H]c1cc2[nH]c(=O)[nH]c2cc1-c1c(Cl)cccc1OC(F)(F)F. The van der Waals surface area contributed by atoms with Gasteiger partial charge in [0.15, 0.2) is 0 Å². The van der Waals surface area contributed by atoms with E-state index in [-0.39, 0.29) is 22.2 Å². The molecule has 0 amide bonds. The summed E-state index contributed by atoms with van der Waals surface area (Å²) in [5.41, 5.74) is 0.272. The molecule has 3 rings (SSSR count). The van der Waals surface area contributed by atoms with Gasteiger partial charge in [-0.25, -0.2) is 4.79 Å². The molecule has 0 atom stereocenters. The van der Waals surface area contributed by atoms with Gasteiger partial charge in [0.25, 0.3) is 0 Å². The number of alkyl halides is 3. The largest absolute Gasteiger partial charge is 0.573 e. The van der Waals surface area contributed by atoms with Crippen molar-refractivity contribution in [2.45, 2.75) is 6.36 Å². The topological polar surface area (TPSA) is 57.9 Å². The zero-order valence-electron chi connectivity index (χ0n) is 11.7. The molecule has 0 spiro atoms. The molecule has 0 aliphatic carbocycles. The monoisotopic (exact) mass is 330 g/mol. The summed E-state index contributed by atoms with van der Waals surface area (Å²) in [6, 6.07) is 6.41. The second kappa shape index (κ2) is 5.10. The molecule has 8 heteroatoms. The Kier molecular flexibility index (Phi) is 3.07. The van der Waals surface area contributed by atoms with Crippen molar-refractivity contribution >= 4 is 22.6 Å². The highest BCUT2D eigenvalue weighted by atomic mass is 35.5. The van der Waals surface area contributed by atoms with Gasteiger partial charge in [-0.1, -0.05) is 23.7 Å². The lowest BCUT2D eigenvalue weighted by Crippen LogP contribution is -2.17. The fraction of sp³-hybridized carbons (Fsp3) is 0.0714. The Morgan fingerprint density at radius 1 is 1.18 bits per heavy atom. The molecule has 0 aliphatic rings. The molecule has 0 aliphatic heterocycles. The Hall–Kier alpha value is -2.41. The first kappa shape index (κ1) is 13.3. The van der Waals surface area contributed by atoms with Gasteiger partial charge in [0.1, 0.15) is 5.75 Å². The second-order valence-corrected chi connectivity index (χ2v) is 4.82. The van der Waals surface area contributed by atoms with Gasteiger partial charge in [-0.2, -0.15) is 0 Å². The average Bonchev–Trinajstić information content (AvgIpc) is 2.76. The number of benzene rings is 2. The molecule has 4 nitrogen and oxygen atoms in total. The maximum atomic E-state index is 12.6. The summed E-state index contributed by atoms with van der Waals surface area (Å²) in [5, 5.41) is -0.00233. The maximum absolute atomic E-state index is 12.6. The van der Waals surface area contributed by atoms with E-state index >= 15 is 0 Å². The minimum atomic E-state index is -4.89. The standard InChI is InChI=1S/C14H8ClF3N2O2/c15-8-2-1-3-11(22-14(16,17)18)12(8)7-4-5-9-10(6-7)20-13(21)19-9/h1-6H,(H2,19,20,21)/i4T. The van der Waals surface area contributed by atoms with Crippen LogP contribution in [0.2, 0.25) is 5.02 Å². The van der Waals surface area contributed by atoms with Crippen molar-refractivity contribution in [2.75, 3.05) is 0 Å². The smallest absolute Gasteiger partial charge is 0.405 e. The third kappa shape index (κ3) is 2.80. The van der Waals surface area contributed by atoms with Crippen molar-refractivity contribution in [1.29, 1.82) is 0 Å². The summed E-state index contributed by atoms with van der Waals surface area (Å²) in [6.07, 6.45) is -4.89. The van der Waals surface area contributed by atoms with Crippen molar-refractivity contribution in [3.05, 3.63) is 51.9 Å². The molecule has 1 heterocycles. The van der Waals surface area contributed by atoms with E-state index in [1.807, 2.05) is 0 Å². The van der Waals surface area contributed by atoms with Gasteiger partial charge in [-0.05, 0) is 29.8 Å². The quantitative estimate of drug-likeness (QED) is 0.744. The minimum absolute atomic E-state index is 0.00233. The molecule has 0 saturated carbocycles. The van der Waals surface area contributed by atoms with Gasteiger partial charge in [0.05, 0.1) is 17.4 Å². The predicted octanol–water partition coefficient (Wildman–Crippen LogP) is 4.08. The van der Waals surface area contributed by atoms with Crippen LogP contribution >= 0.6 is 11.6 Å². The Labute approximate surface area is 127 Å². The van der Waals surface area contributed by atoms with Crippen molar-refractivity contribution in [3.8, 4) is 16.9 Å². The Bertz CT molecular complexity index is 949. The zero-order chi connectivity index (χ0) is 16.8. The number of hydrogen-bond donors (Lipinski definition) is 2. The van der Waals surface area contributed by atoms with Crippen LogP contribution in [0.5, 0.6) is 5.75 Å². The van der Waals surface area contributed by atoms with E-state index in [0.717, 1.165) is 6.07 Å². The lowest BCUT2D eigenvalue weighted by molar-refractivity contribution is -0.274. The molecule has 0 bridgehead atoms. The van der Waals surface area contributed by atoms with E-state index in [4.69, 9.17) is 13.0 Å². The summed E-state index contributed by atoms with van der Waals surface area (Å²) < 4.78 is 49.7. The highest BCUT2D eigenvalue weighted by Crippen LogP contribution is 2.39. The lowest BCUT2D eigenvalue weighted by atomic mass is 10.0. The average molecular weight is 331 g/mol. The maximum Gasteiger partial charge on any atom is 0.573 e. The number of hydrogen-bond acceptors (Lipinski definition) is 2. The molecular weight excluding hydrogens is 321 g/mol. The van der Waals surface area contributed by atoms with Crippen LogP contribution in [0.25, 0.3) is 22.2 Å². The Morgan fingerprint density at radius 2 is 1.91 bits per heavy atom. The summed E-state index contributed by atoms with van der Waals surface area (Å²) in [5.74, 6) is -0.518. The van der Waals surface area contributed by atoms with Crippen molar-refractivity contribution < 1.29 is 19.3 Å². The zero-order valence-corrected chi connectivity index (χ0v) is 11.5. The van der Waals surface area contributed by atoms with Gasteiger partial charge in [-0.3, -0.25) is 0 Å². The number of halogens is 4. The van der Waals surface area contributed by atoms with Gasteiger partial charge in [-0.15, -0.1) is 13.2 Å². The molecule has 114 valence electrons. The number of aromatic amines is 2. The highest BCUT2D eigenvalue weighted by molar-refractivity contribution is 6.33. The number of imidazole rings is 1. The van der Waals surface area contributed by atoms with Crippen LogP contribution in [0, 0.1) is 0 Å². The van der Waals surface area contributed by atoms with Gasteiger partial charge >= 0.3 is 12.1 Å². The van der Waals surface area contributed by atoms with Crippen LogP contribution in [0.3, 0.4) is 0 Å². The third-order valence-electron chi connectivity index (χ3n) is 2.92. The van der Waals surface area contributed by atoms with E-state index in [9.17, 15) is 18.0 Å². The van der Waals surface area contributed by atoms with E-state index in [1.165, 1.54) is 24.3 Å². The molecule has 3 aromatic rings. The Balaban J connectivity index is 2.25. The Morgan fingerprint density at radius 3 is 2.64 bits per heavy atom. The van der Waals surface area contributed by atoms with Gasteiger partial charge < -0.3 is 14.7 Å². The first-order valence-corrected chi connectivity index (χ1v) is 6.39. The van der Waals surface area contributed by atoms with Crippen LogP contribution in [-0.2, 0) is 0 Å². The number of ether oxygens (including phenoxy) is 1. The second-order valence-electron chi connectivity index (χ2n) is 4.41. The van der Waals surface area contributed by atoms with Gasteiger partial charge in [0.2, 0.25) is 0 Å². The fourth-order valence-electron chi connectivity index (χ4n) is 2.09. The van der Waals surface area contributed by atoms with Crippen LogP contribution in [-0.4, -0.2) is 16.3 Å².